The van der Waals surface area contributed by atoms with Gasteiger partial charge in [0.1, 0.15) is 0 Å². The second-order valence-corrected chi connectivity index (χ2v) is 6.59. The smallest absolute Gasteiger partial charge is 0.220 e. The maximum absolute atomic E-state index is 11.9. The molecule has 0 radical (unpaired) electrons. The number of carbonyl (C=O) groups excluding carboxylic acids is 1. The minimum atomic E-state index is 0.126. The van der Waals surface area contributed by atoms with Gasteiger partial charge in [-0.1, -0.05) is 43.6 Å². The lowest BCUT2D eigenvalue weighted by Gasteiger charge is -2.29. The molecule has 0 bridgehead atoms. The van der Waals surface area contributed by atoms with Crippen molar-refractivity contribution in [3.8, 4) is 0 Å². The van der Waals surface area contributed by atoms with E-state index in [0.717, 1.165) is 23.7 Å². The third-order valence-corrected chi connectivity index (χ3v) is 4.28. The van der Waals surface area contributed by atoms with Crippen LogP contribution < -0.4 is 5.32 Å². The van der Waals surface area contributed by atoms with Crippen LogP contribution in [0.15, 0.2) is 24.3 Å². The third kappa shape index (κ3) is 4.72. The molecular weight excluding hydrogens is 284 g/mol. The van der Waals surface area contributed by atoms with Crippen LogP contribution >= 0.6 is 11.6 Å². The maximum Gasteiger partial charge on any atom is 0.220 e. The lowest BCUT2D eigenvalue weighted by atomic mass is 10.0. The number of hydrogen-bond acceptors (Lipinski definition) is 2. The van der Waals surface area contributed by atoms with E-state index in [1.165, 1.54) is 12.8 Å². The van der Waals surface area contributed by atoms with Crippen molar-refractivity contribution in [3.63, 3.8) is 0 Å². The molecule has 1 aliphatic rings. The van der Waals surface area contributed by atoms with Crippen molar-refractivity contribution >= 4 is 17.5 Å². The van der Waals surface area contributed by atoms with Crippen LogP contribution in [0, 0.1) is 5.92 Å². The lowest BCUT2D eigenvalue weighted by molar-refractivity contribution is -0.122. The first-order chi connectivity index (χ1) is 10.1. The van der Waals surface area contributed by atoms with Gasteiger partial charge in [-0.15, -0.1) is 0 Å². The molecule has 2 rings (SSSR count). The summed E-state index contributed by atoms with van der Waals surface area (Å²) in [5.74, 6) is 0.511. The van der Waals surface area contributed by atoms with Crippen molar-refractivity contribution in [2.75, 3.05) is 19.6 Å². The Morgan fingerprint density at radius 1 is 1.29 bits per heavy atom. The molecule has 1 atom stereocenters. The molecule has 1 heterocycles. The molecule has 1 N–H and O–H groups in total. The van der Waals surface area contributed by atoms with Crippen LogP contribution in [-0.4, -0.2) is 30.4 Å². The van der Waals surface area contributed by atoms with Gasteiger partial charge in [0.05, 0.1) is 6.04 Å². The Bertz CT molecular complexity index is 470. The van der Waals surface area contributed by atoms with Gasteiger partial charge in [0.2, 0.25) is 5.91 Å². The molecule has 0 aromatic heterocycles. The van der Waals surface area contributed by atoms with Gasteiger partial charge in [-0.3, -0.25) is 9.69 Å². The van der Waals surface area contributed by atoms with E-state index in [0.29, 0.717) is 18.9 Å². The molecule has 0 aliphatic carbocycles. The standard InChI is InChI=1S/C17H25ClN2O/c1-13(2)11-17(21)19-12-16(20-9-5-6-10-20)14-7-3-4-8-15(14)18/h3-4,7-8,13,16H,5-6,9-12H2,1-2H3,(H,19,21). The van der Waals surface area contributed by atoms with Gasteiger partial charge < -0.3 is 5.32 Å². The molecule has 1 aliphatic heterocycles. The molecule has 0 saturated carbocycles. The van der Waals surface area contributed by atoms with Gasteiger partial charge in [0.15, 0.2) is 0 Å². The van der Waals surface area contributed by atoms with Crippen LogP contribution in [0.1, 0.15) is 44.7 Å². The van der Waals surface area contributed by atoms with Crippen LogP contribution in [0.25, 0.3) is 0 Å². The Labute approximate surface area is 132 Å². The van der Waals surface area contributed by atoms with Crippen LogP contribution in [0.3, 0.4) is 0 Å². The first-order valence-electron chi connectivity index (χ1n) is 7.83. The molecule has 0 spiro atoms. The average molecular weight is 309 g/mol. The van der Waals surface area contributed by atoms with Gasteiger partial charge in [-0.05, 0) is 43.5 Å². The zero-order valence-electron chi connectivity index (χ0n) is 12.9. The Morgan fingerprint density at radius 3 is 2.57 bits per heavy atom. The van der Waals surface area contributed by atoms with E-state index in [2.05, 4.69) is 30.1 Å². The number of carbonyl (C=O) groups is 1. The minimum Gasteiger partial charge on any atom is -0.354 e. The Balaban J connectivity index is 2.06. The van der Waals surface area contributed by atoms with Crippen LogP contribution in [0.2, 0.25) is 5.02 Å². The van der Waals surface area contributed by atoms with E-state index < -0.39 is 0 Å². The second-order valence-electron chi connectivity index (χ2n) is 6.18. The summed E-state index contributed by atoms with van der Waals surface area (Å²) in [5.41, 5.74) is 1.12. The van der Waals surface area contributed by atoms with Gasteiger partial charge in [-0.25, -0.2) is 0 Å². The zero-order chi connectivity index (χ0) is 15.2. The first-order valence-corrected chi connectivity index (χ1v) is 8.21. The maximum atomic E-state index is 11.9. The van der Waals surface area contributed by atoms with E-state index in [9.17, 15) is 4.79 Å². The molecule has 3 nitrogen and oxygen atoms in total. The molecule has 1 unspecified atom stereocenters. The second kappa shape index (κ2) is 7.81. The van der Waals surface area contributed by atoms with Crippen molar-refractivity contribution in [2.24, 2.45) is 5.92 Å². The summed E-state index contributed by atoms with van der Waals surface area (Å²) in [4.78, 5) is 14.4. The molecular formula is C17H25ClN2O. The number of benzene rings is 1. The molecule has 116 valence electrons. The normalized spacial score (nSPS) is 17.1. The summed E-state index contributed by atoms with van der Waals surface area (Å²) in [7, 11) is 0. The van der Waals surface area contributed by atoms with Crippen molar-refractivity contribution in [2.45, 2.75) is 39.2 Å². The molecule has 1 aromatic carbocycles. The van der Waals surface area contributed by atoms with E-state index in [1.807, 2.05) is 18.2 Å². The van der Waals surface area contributed by atoms with Crippen LogP contribution in [0.5, 0.6) is 0 Å². The first kappa shape index (κ1) is 16.3. The van der Waals surface area contributed by atoms with Crippen molar-refractivity contribution in [1.82, 2.24) is 10.2 Å². The molecule has 4 heteroatoms. The summed E-state index contributed by atoms with van der Waals surface area (Å²) >= 11 is 6.36. The monoisotopic (exact) mass is 308 g/mol. The quantitative estimate of drug-likeness (QED) is 0.870. The average Bonchev–Trinajstić information content (AvgIpc) is 2.94. The fraction of sp³-hybridized carbons (Fsp3) is 0.588. The molecule has 1 aromatic rings. The van der Waals surface area contributed by atoms with Gasteiger partial charge >= 0.3 is 0 Å². The summed E-state index contributed by atoms with van der Waals surface area (Å²) in [6, 6.07) is 8.14. The highest BCUT2D eigenvalue weighted by atomic mass is 35.5. The summed E-state index contributed by atoms with van der Waals surface area (Å²) in [5, 5.41) is 3.86. The zero-order valence-corrected chi connectivity index (χ0v) is 13.7. The van der Waals surface area contributed by atoms with Crippen LogP contribution in [-0.2, 0) is 4.79 Å². The molecule has 1 fully saturated rings. The van der Waals surface area contributed by atoms with E-state index in [4.69, 9.17) is 11.6 Å². The number of halogens is 1. The highest BCUT2D eigenvalue weighted by molar-refractivity contribution is 6.31. The number of nitrogens with zero attached hydrogens (tertiary/aromatic N) is 1. The Kier molecular flexibility index (Phi) is 6.07. The topological polar surface area (TPSA) is 32.3 Å². The Morgan fingerprint density at radius 2 is 1.95 bits per heavy atom. The van der Waals surface area contributed by atoms with Gasteiger partial charge in [0, 0.05) is 18.0 Å². The summed E-state index contributed by atoms with van der Waals surface area (Å²) < 4.78 is 0. The van der Waals surface area contributed by atoms with E-state index >= 15 is 0 Å². The summed E-state index contributed by atoms with van der Waals surface area (Å²) in [6.07, 6.45) is 3.02. The van der Waals surface area contributed by atoms with Crippen molar-refractivity contribution < 1.29 is 4.79 Å². The predicted octanol–water partition coefficient (Wildman–Crippen LogP) is 3.64. The van der Waals surface area contributed by atoms with Crippen molar-refractivity contribution in [1.29, 1.82) is 0 Å². The highest BCUT2D eigenvalue weighted by Crippen LogP contribution is 2.29. The number of hydrogen-bond donors (Lipinski definition) is 1. The van der Waals surface area contributed by atoms with Gasteiger partial charge in [-0.2, -0.15) is 0 Å². The SMILES string of the molecule is CC(C)CC(=O)NCC(c1ccccc1Cl)N1CCCC1. The van der Waals surface area contributed by atoms with E-state index in [1.54, 1.807) is 0 Å². The lowest BCUT2D eigenvalue weighted by Crippen LogP contribution is -2.37. The number of amides is 1. The number of rotatable bonds is 6. The minimum absolute atomic E-state index is 0.126. The highest BCUT2D eigenvalue weighted by Gasteiger charge is 2.25. The molecule has 1 saturated heterocycles. The summed E-state index contributed by atoms with van der Waals surface area (Å²) in [6.45, 7) is 6.92. The number of nitrogens with one attached hydrogen (secondary N) is 1. The predicted molar refractivity (Wildman–Crippen MR) is 87.5 cm³/mol. The van der Waals surface area contributed by atoms with Crippen molar-refractivity contribution in [3.05, 3.63) is 34.9 Å². The van der Waals surface area contributed by atoms with Gasteiger partial charge in [0.25, 0.3) is 0 Å². The molecule has 1 amide bonds. The Hall–Kier alpha value is -1.06. The number of likely N-dealkylation sites (tertiary alicyclic amines) is 1. The van der Waals surface area contributed by atoms with E-state index in [-0.39, 0.29) is 11.9 Å². The third-order valence-electron chi connectivity index (χ3n) is 3.93. The molecule has 21 heavy (non-hydrogen) atoms. The fourth-order valence-electron chi connectivity index (χ4n) is 2.89. The fourth-order valence-corrected chi connectivity index (χ4v) is 3.15. The van der Waals surface area contributed by atoms with Crippen LogP contribution in [0.4, 0.5) is 0 Å². The largest absolute Gasteiger partial charge is 0.354 e.